The van der Waals surface area contributed by atoms with Gasteiger partial charge in [-0.2, -0.15) is 0 Å². The number of rotatable bonds is 3. The number of hydrogen-bond donors (Lipinski definition) is 0. The Morgan fingerprint density at radius 2 is 0.780 bits per heavy atom. The number of ketones is 1. The first-order valence-electron chi connectivity index (χ1n) is 19.1. The molecule has 5 rings (SSSR count). The van der Waals surface area contributed by atoms with Crippen LogP contribution in [-0.4, -0.2) is 78.9 Å². The highest BCUT2D eigenvalue weighted by Crippen LogP contribution is 2.08. The molecule has 0 saturated carbocycles. The Labute approximate surface area is 361 Å². The van der Waals surface area contributed by atoms with Gasteiger partial charge in [0.25, 0.3) is 0 Å². The van der Waals surface area contributed by atoms with Crippen molar-refractivity contribution in [2.24, 2.45) is 5.41 Å². The number of aryl methyl sites for hydroxylation is 4. The van der Waals surface area contributed by atoms with Gasteiger partial charge in [0, 0.05) is 51.0 Å². The van der Waals surface area contributed by atoms with Crippen LogP contribution in [0.4, 0.5) is 0 Å². The highest BCUT2D eigenvalue weighted by molar-refractivity contribution is 7.98. The van der Waals surface area contributed by atoms with Crippen molar-refractivity contribution in [1.82, 2.24) is 15.0 Å². The first-order valence-corrected chi connectivity index (χ1v) is 21.6. The highest BCUT2D eigenvalue weighted by Gasteiger charge is 1.95. The third-order valence-electron chi connectivity index (χ3n) is 4.91. The molecule has 0 spiro atoms. The van der Waals surface area contributed by atoms with Crippen molar-refractivity contribution in [3.63, 3.8) is 0 Å². The minimum Gasteiger partial charge on any atom is -0.497 e. The summed E-state index contributed by atoms with van der Waals surface area (Å²) in [5.41, 5.74) is 3.90. The zero-order valence-corrected chi connectivity index (χ0v) is 40.8. The van der Waals surface area contributed by atoms with Crippen molar-refractivity contribution in [3.8, 4) is 17.2 Å². The number of ether oxygens (including phenoxy) is 4. The highest BCUT2D eigenvalue weighted by atomic mass is 32.2. The molecule has 0 aliphatic carbocycles. The van der Waals surface area contributed by atoms with Gasteiger partial charge in [-0.15, -0.1) is 0 Å². The van der Waals surface area contributed by atoms with Crippen molar-refractivity contribution in [3.05, 3.63) is 144 Å². The molecule has 3 aromatic carbocycles. The zero-order chi connectivity index (χ0) is 46.7. The van der Waals surface area contributed by atoms with Crippen LogP contribution in [0.25, 0.3) is 0 Å². The summed E-state index contributed by atoms with van der Waals surface area (Å²) in [4.78, 5) is 21.5. The summed E-state index contributed by atoms with van der Waals surface area (Å²) in [6.45, 7) is 23.7. The van der Waals surface area contributed by atoms with E-state index in [0.29, 0.717) is 5.41 Å². The van der Waals surface area contributed by atoms with Gasteiger partial charge in [-0.05, 0) is 116 Å². The van der Waals surface area contributed by atoms with E-state index in [0.717, 1.165) is 34.3 Å². The molecule has 0 amide bonds. The molecule has 0 N–H and O–H groups in total. The van der Waals surface area contributed by atoms with Crippen molar-refractivity contribution >= 4 is 21.2 Å². The third-order valence-corrected chi connectivity index (χ3v) is 4.91. The lowest BCUT2D eigenvalue weighted by Gasteiger charge is -2.05. The number of carbonyl (C=O) groups excluding carboxylic acids is 1. The summed E-state index contributed by atoms with van der Waals surface area (Å²) in [6.07, 6.45) is 8.69. The molecule has 0 aliphatic heterocycles. The topological polar surface area (TPSA) is 110 Å². The maximum Gasteiger partial charge on any atom is 0.126 e. The Morgan fingerprint density at radius 3 is 0.932 bits per heavy atom. The van der Waals surface area contributed by atoms with Crippen LogP contribution in [0.3, 0.4) is 0 Å². The largest absolute Gasteiger partial charge is 0.497 e. The standard InChI is InChI=1S/C7H9N.3C7H8O.C6H8N2.C5H12.C3H8OS.C3H6O.C2H6O.C2H6/c1-6-3-4-7(2)8-5-6;3*1-8-7-5-3-2-4-6-7;1-5-3-7-6(2)8-4-5;2*1-5(2,3)4;1-3(2)4;1-3-2;1-2/h3-5H,1-2H3;3*2-6H,1H3;3-4H,1-2H3;1-4H3;1H2,2-3H3;1-2H3;1-2H3;1-2H3. The van der Waals surface area contributed by atoms with E-state index in [4.69, 9.17) is 14.2 Å². The number of methoxy groups -OCH3 is 4. The minimum atomic E-state index is -1.67. The minimum absolute atomic E-state index is 0.167. The fourth-order valence-electron chi connectivity index (χ4n) is 2.67. The molecule has 0 aliphatic rings. The van der Waals surface area contributed by atoms with Crippen LogP contribution in [0.15, 0.2) is 122 Å². The third kappa shape index (κ3) is 68.0. The van der Waals surface area contributed by atoms with Crippen molar-refractivity contribution in [2.45, 2.75) is 83.1 Å². The van der Waals surface area contributed by atoms with E-state index in [1.807, 2.05) is 157 Å². The Bertz CT molecular complexity index is 1500. The Hall–Kier alpha value is -5.06. The number of para-hydroxylation sites is 3. The second-order valence-electron chi connectivity index (χ2n) is 14.1. The molecule has 0 atom stereocenters. The van der Waals surface area contributed by atoms with Crippen LogP contribution in [-0.2, 0) is 19.1 Å². The summed E-state index contributed by atoms with van der Waals surface area (Å²) < 4.78 is 29.1. The molecule has 0 saturated heterocycles. The van der Waals surface area contributed by atoms with Crippen molar-refractivity contribution in [2.75, 3.05) is 48.1 Å². The smallest absolute Gasteiger partial charge is 0.126 e. The van der Waals surface area contributed by atoms with Gasteiger partial charge < -0.3 is 23.7 Å². The number of carbonyl (C=O) groups is 1. The normalized spacial score (nSPS) is 8.86. The van der Waals surface area contributed by atoms with Crippen LogP contribution >= 0.6 is 0 Å². The van der Waals surface area contributed by atoms with E-state index >= 15 is 0 Å². The molecule has 0 unspecified atom stereocenters. The zero-order valence-electron chi connectivity index (χ0n) is 40.0. The van der Waals surface area contributed by atoms with E-state index in [-0.39, 0.29) is 5.78 Å². The maximum atomic E-state index is 10.1. The molecule has 332 valence electrons. The number of nitrogens with zero attached hydrogens (tertiary/aromatic N) is 3. The lowest BCUT2D eigenvalue weighted by molar-refractivity contribution is -0.115. The molecule has 10 heteroatoms. The molecular weight excluding hydrogens is 759 g/mol. The van der Waals surface area contributed by atoms with Crippen LogP contribution < -0.4 is 14.2 Å². The Balaban J connectivity index is -0.000000187. The average Bonchev–Trinajstić information content (AvgIpc) is 3.19. The van der Waals surface area contributed by atoms with E-state index in [1.165, 1.54) is 19.4 Å². The van der Waals surface area contributed by atoms with Crippen LogP contribution in [0.2, 0.25) is 0 Å². The number of aromatic nitrogens is 3. The van der Waals surface area contributed by atoms with E-state index in [9.17, 15) is 9.00 Å². The predicted octanol–water partition coefficient (Wildman–Crippen LogP) is 11.8. The van der Waals surface area contributed by atoms with Crippen LogP contribution in [0.1, 0.15) is 78.0 Å². The van der Waals surface area contributed by atoms with E-state index in [2.05, 4.69) is 59.3 Å². The molecule has 5 aromatic rings. The fourth-order valence-corrected chi connectivity index (χ4v) is 2.67. The second-order valence-corrected chi connectivity index (χ2v) is 17.0. The summed E-state index contributed by atoms with van der Waals surface area (Å²) in [5, 5.41) is 0. The van der Waals surface area contributed by atoms with Gasteiger partial charge in [0.1, 0.15) is 28.9 Å². The monoisotopic (exact) mass is 838 g/mol. The van der Waals surface area contributed by atoms with Gasteiger partial charge in [-0.3, -0.25) is 9.19 Å². The van der Waals surface area contributed by atoms with Gasteiger partial charge in [-0.25, -0.2) is 9.97 Å². The van der Waals surface area contributed by atoms with Gasteiger partial charge in [0.05, 0.1) is 21.3 Å². The molecular formula is C49H79N3O6S. The molecule has 9 nitrogen and oxygen atoms in total. The Kier molecular flexibility index (Phi) is 45.5. The molecule has 0 radical (unpaired) electrons. The van der Waals surface area contributed by atoms with Crippen LogP contribution in [0, 0.1) is 33.1 Å². The van der Waals surface area contributed by atoms with E-state index in [1.54, 1.807) is 48.1 Å². The number of hydrogen-bond acceptors (Lipinski definition) is 9. The van der Waals surface area contributed by atoms with Gasteiger partial charge in [-0.1, -0.05) is 102 Å². The summed E-state index contributed by atoms with van der Waals surface area (Å²) in [7, 11) is 6.57. The average molecular weight is 838 g/mol. The predicted molar refractivity (Wildman–Crippen MR) is 257 cm³/mol. The maximum absolute atomic E-state index is 10.1. The summed E-state index contributed by atoms with van der Waals surface area (Å²) in [6, 6.07) is 33.1. The first kappa shape index (κ1) is 63.1. The Morgan fingerprint density at radius 1 is 0.542 bits per heavy atom. The van der Waals surface area contributed by atoms with Gasteiger partial charge >= 0.3 is 0 Å². The number of Topliss-reactive ketones (excluding diaryl/α,β-unsaturated/α-hetero) is 1. The fraction of sp³-hybridized carbons (Fsp3) is 0.408. The van der Waals surface area contributed by atoms with Gasteiger partial charge in [0.15, 0.2) is 0 Å². The SMILES string of the molecule is C=S(C)(C)=O.CC.CC(C)(C)C.CC(C)=O.COC.COc1ccccc1.COc1ccccc1.COc1ccccc1.Cc1ccc(C)nc1.Cc1cnc(C)nc1. The molecule has 0 bridgehead atoms. The lowest BCUT2D eigenvalue weighted by Crippen LogP contribution is -1.93. The first-order chi connectivity index (χ1) is 27.5. The summed E-state index contributed by atoms with van der Waals surface area (Å²) >= 11 is 0. The number of pyridine rings is 1. The molecule has 0 fully saturated rings. The molecule has 59 heavy (non-hydrogen) atoms. The van der Waals surface area contributed by atoms with Crippen molar-refractivity contribution in [1.29, 1.82) is 0 Å². The summed E-state index contributed by atoms with van der Waals surface area (Å²) in [5.74, 6) is 7.02. The van der Waals surface area contributed by atoms with Crippen molar-refractivity contribution < 1.29 is 28.0 Å². The molecule has 2 aromatic heterocycles. The molecule has 2 heterocycles. The van der Waals surface area contributed by atoms with E-state index < -0.39 is 9.52 Å². The number of benzene rings is 3. The van der Waals surface area contributed by atoms with Crippen LogP contribution in [0.5, 0.6) is 17.2 Å². The lowest BCUT2D eigenvalue weighted by atomic mass is 10.0. The quantitative estimate of drug-likeness (QED) is 0.164. The van der Waals surface area contributed by atoms with Gasteiger partial charge in [0.2, 0.25) is 0 Å². The second kappa shape index (κ2) is 42.5.